The predicted octanol–water partition coefficient (Wildman–Crippen LogP) is -1.56. The van der Waals surface area contributed by atoms with E-state index in [-0.39, 0.29) is 6.42 Å². The number of aliphatic hydroxyl groups is 3. The number of rotatable bonds is 8. The minimum atomic E-state index is -1.25. The Morgan fingerprint density at radius 3 is 2.80 bits per heavy atom. The number of aromatic nitrogens is 6. The van der Waals surface area contributed by atoms with Crippen LogP contribution in [0, 0.1) is 0 Å². The topological polar surface area (TPSA) is 192 Å². The standard InChI is InChI=1S/C17H21N7O6/c25-4-10-13(28)14(29)17(30-10)24-7-23-12-15(21-6-22-16(12)24)18-2-1-8-9(3-11(26)27)20-5-19-8/h5-7,10,13-14,17,25,28-29H,1-4H2,(H,19,20)(H,26,27)(H,18,21,22)/t10-,13-,14-,17-/m1/s1. The summed E-state index contributed by atoms with van der Waals surface area (Å²) in [6.07, 6.45) is 0.193. The minimum Gasteiger partial charge on any atom is -0.481 e. The molecule has 6 N–H and O–H groups in total. The maximum Gasteiger partial charge on any atom is 0.309 e. The van der Waals surface area contributed by atoms with E-state index in [1.807, 2.05) is 0 Å². The lowest BCUT2D eigenvalue weighted by Crippen LogP contribution is -2.33. The Labute approximate surface area is 169 Å². The third kappa shape index (κ3) is 3.70. The number of carboxylic acids is 1. The largest absolute Gasteiger partial charge is 0.481 e. The van der Waals surface area contributed by atoms with Gasteiger partial charge in [0.2, 0.25) is 0 Å². The maximum atomic E-state index is 10.9. The number of hydrogen-bond donors (Lipinski definition) is 6. The van der Waals surface area contributed by atoms with Crippen molar-refractivity contribution in [3.05, 3.63) is 30.4 Å². The molecule has 1 fully saturated rings. The van der Waals surface area contributed by atoms with E-state index >= 15 is 0 Å². The molecule has 4 rings (SSSR count). The van der Waals surface area contributed by atoms with Crippen LogP contribution in [0.3, 0.4) is 0 Å². The molecule has 13 heteroatoms. The van der Waals surface area contributed by atoms with Gasteiger partial charge in [-0.05, 0) is 0 Å². The van der Waals surface area contributed by atoms with Gasteiger partial charge < -0.3 is 35.5 Å². The molecule has 4 atom stereocenters. The van der Waals surface area contributed by atoms with E-state index in [9.17, 15) is 20.1 Å². The van der Waals surface area contributed by atoms with Gasteiger partial charge in [0, 0.05) is 18.7 Å². The molecule has 1 aliphatic rings. The van der Waals surface area contributed by atoms with Crippen molar-refractivity contribution < 1.29 is 30.0 Å². The molecule has 1 aliphatic heterocycles. The molecule has 160 valence electrons. The smallest absolute Gasteiger partial charge is 0.309 e. The predicted molar refractivity (Wildman–Crippen MR) is 100 cm³/mol. The van der Waals surface area contributed by atoms with Crippen LogP contribution in [0.2, 0.25) is 0 Å². The molecule has 0 saturated carbocycles. The van der Waals surface area contributed by atoms with Gasteiger partial charge in [-0.25, -0.2) is 19.9 Å². The molecule has 0 aromatic carbocycles. The summed E-state index contributed by atoms with van der Waals surface area (Å²) in [6, 6.07) is 0. The lowest BCUT2D eigenvalue weighted by molar-refractivity contribution is -0.136. The lowest BCUT2D eigenvalue weighted by atomic mass is 10.1. The Balaban J connectivity index is 1.49. The number of aliphatic carboxylic acids is 1. The average molecular weight is 419 g/mol. The highest BCUT2D eigenvalue weighted by atomic mass is 16.6. The summed E-state index contributed by atoms with van der Waals surface area (Å²) in [6.45, 7) is -0.00942. The number of ether oxygens (including phenoxy) is 1. The highest BCUT2D eigenvalue weighted by Gasteiger charge is 2.44. The molecular formula is C17H21N7O6. The lowest BCUT2D eigenvalue weighted by Gasteiger charge is -2.16. The van der Waals surface area contributed by atoms with E-state index in [1.54, 1.807) is 0 Å². The summed E-state index contributed by atoms with van der Waals surface area (Å²) >= 11 is 0. The number of anilines is 1. The molecule has 1 saturated heterocycles. The van der Waals surface area contributed by atoms with Gasteiger partial charge in [0.25, 0.3) is 0 Å². The van der Waals surface area contributed by atoms with Crippen molar-refractivity contribution in [2.75, 3.05) is 18.5 Å². The zero-order valence-electron chi connectivity index (χ0n) is 15.7. The fraction of sp³-hybridized carbons (Fsp3) is 0.471. The number of H-pyrrole nitrogens is 1. The van der Waals surface area contributed by atoms with Gasteiger partial charge in [0.1, 0.15) is 24.6 Å². The number of aliphatic hydroxyl groups excluding tert-OH is 3. The Morgan fingerprint density at radius 1 is 1.23 bits per heavy atom. The van der Waals surface area contributed by atoms with E-state index in [2.05, 4.69) is 30.2 Å². The van der Waals surface area contributed by atoms with Crippen molar-refractivity contribution in [3.63, 3.8) is 0 Å². The van der Waals surface area contributed by atoms with Crippen LogP contribution < -0.4 is 5.32 Å². The van der Waals surface area contributed by atoms with Crippen LogP contribution in [-0.4, -0.2) is 87.3 Å². The van der Waals surface area contributed by atoms with Crippen LogP contribution in [0.15, 0.2) is 19.0 Å². The Bertz CT molecular complexity index is 1040. The molecule has 13 nitrogen and oxygen atoms in total. The second-order valence-electron chi connectivity index (χ2n) is 6.85. The number of nitrogens with one attached hydrogen (secondary N) is 2. The highest BCUT2D eigenvalue weighted by molar-refractivity contribution is 5.82. The molecule has 4 heterocycles. The summed E-state index contributed by atoms with van der Waals surface area (Å²) in [4.78, 5) is 30.6. The first-order valence-corrected chi connectivity index (χ1v) is 9.26. The number of carboxylic acid groups (broad SMARTS) is 1. The van der Waals surface area contributed by atoms with Gasteiger partial charge >= 0.3 is 5.97 Å². The fourth-order valence-electron chi connectivity index (χ4n) is 3.45. The Morgan fingerprint density at radius 2 is 2.07 bits per heavy atom. The molecule has 0 radical (unpaired) electrons. The van der Waals surface area contributed by atoms with Crippen molar-refractivity contribution in [1.29, 1.82) is 0 Å². The molecule has 3 aromatic rings. The summed E-state index contributed by atoms with van der Waals surface area (Å²) < 4.78 is 7.01. The number of carbonyl (C=O) groups is 1. The van der Waals surface area contributed by atoms with Crippen molar-refractivity contribution in [2.45, 2.75) is 37.4 Å². The van der Waals surface area contributed by atoms with E-state index in [4.69, 9.17) is 9.84 Å². The third-order valence-corrected chi connectivity index (χ3v) is 4.94. The molecule has 0 bridgehead atoms. The normalized spacial score (nSPS) is 23.8. The maximum absolute atomic E-state index is 10.9. The first-order chi connectivity index (χ1) is 14.5. The van der Waals surface area contributed by atoms with Gasteiger partial charge in [-0.1, -0.05) is 0 Å². The van der Waals surface area contributed by atoms with Gasteiger partial charge in [-0.2, -0.15) is 0 Å². The van der Waals surface area contributed by atoms with Gasteiger partial charge in [-0.15, -0.1) is 0 Å². The van der Waals surface area contributed by atoms with Crippen LogP contribution in [0.25, 0.3) is 11.2 Å². The van der Waals surface area contributed by atoms with Crippen LogP contribution >= 0.6 is 0 Å². The zero-order valence-corrected chi connectivity index (χ0v) is 15.7. The second-order valence-corrected chi connectivity index (χ2v) is 6.85. The SMILES string of the molecule is O=C(O)Cc1[nH]cnc1CCNc1ncnc2c1ncn2[C@@H]1O[C@H](CO)[C@@H](O)[C@H]1O. The first-order valence-electron chi connectivity index (χ1n) is 9.26. The second kappa shape index (κ2) is 8.31. The van der Waals surface area contributed by atoms with Crippen molar-refractivity contribution in [2.24, 2.45) is 0 Å². The average Bonchev–Trinajstić information content (AvgIpc) is 3.41. The Hall–Kier alpha value is -3.13. The highest BCUT2D eigenvalue weighted by Crippen LogP contribution is 2.32. The molecule has 0 amide bonds. The molecule has 3 aromatic heterocycles. The van der Waals surface area contributed by atoms with Crippen molar-refractivity contribution >= 4 is 23.0 Å². The first kappa shape index (κ1) is 20.2. The quantitative estimate of drug-likeness (QED) is 0.247. The van der Waals surface area contributed by atoms with Crippen molar-refractivity contribution in [3.8, 4) is 0 Å². The summed E-state index contributed by atoms with van der Waals surface area (Å²) in [5, 5.41) is 41.6. The number of nitrogens with zero attached hydrogens (tertiary/aromatic N) is 5. The van der Waals surface area contributed by atoms with Crippen molar-refractivity contribution in [1.82, 2.24) is 29.5 Å². The number of imidazole rings is 2. The van der Waals surface area contributed by atoms with Gasteiger partial charge in [0.15, 0.2) is 23.2 Å². The van der Waals surface area contributed by atoms with Crippen LogP contribution in [0.4, 0.5) is 5.82 Å². The van der Waals surface area contributed by atoms with E-state index in [0.717, 1.165) is 0 Å². The van der Waals surface area contributed by atoms with E-state index < -0.39 is 37.1 Å². The molecule has 0 aliphatic carbocycles. The summed E-state index contributed by atoms with van der Waals surface area (Å²) in [5.74, 6) is -0.498. The van der Waals surface area contributed by atoms with Crippen LogP contribution in [0.1, 0.15) is 17.6 Å². The van der Waals surface area contributed by atoms with Crippen LogP contribution in [-0.2, 0) is 22.4 Å². The number of fused-ring (bicyclic) bond motifs is 1. The number of hydrogen-bond acceptors (Lipinski definition) is 10. The third-order valence-electron chi connectivity index (χ3n) is 4.94. The van der Waals surface area contributed by atoms with E-state index in [1.165, 1.54) is 23.5 Å². The molecule has 30 heavy (non-hydrogen) atoms. The van der Waals surface area contributed by atoms with Gasteiger partial charge in [0.05, 0.1) is 31.4 Å². The zero-order chi connectivity index (χ0) is 21.3. The van der Waals surface area contributed by atoms with Gasteiger partial charge in [-0.3, -0.25) is 9.36 Å². The Kier molecular flexibility index (Phi) is 5.59. The van der Waals surface area contributed by atoms with Crippen LogP contribution in [0.5, 0.6) is 0 Å². The number of aromatic amines is 1. The monoisotopic (exact) mass is 419 g/mol. The fourth-order valence-corrected chi connectivity index (χ4v) is 3.45. The molecular weight excluding hydrogens is 398 g/mol. The van der Waals surface area contributed by atoms with E-state index in [0.29, 0.717) is 41.3 Å². The molecule has 0 unspecified atom stereocenters. The minimum absolute atomic E-state index is 0.137. The summed E-state index contributed by atoms with van der Waals surface area (Å²) in [5.41, 5.74) is 2.01. The molecule has 0 spiro atoms. The summed E-state index contributed by atoms with van der Waals surface area (Å²) in [7, 11) is 0.